The summed E-state index contributed by atoms with van der Waals surface area (Å²) in [6, 6.07) is 0. The van der Waals surface area contributed by atoms with Gasteiger partial charge in [0, 0.05) is 62.3 Å². The maximum atomic E-state index is 11.5. The summed E-state index contributed by atoms with van der Waals surface area (Å²) in [5.41, 5.74) is 10.2. The molecule has 0 unspecified atom stereocenters. The van der Waals surface area contributed by atoms with Crippen molar-refractivity contribution in [2.24, 2.45) is 4.99 Å². The van der Waals surface area contributed by atoms with Gasteiger partial charge < -0.3 is 25.2 Å². The van der Waals surface area contributed by atoms with Crippen LogP contribution < -0.4 is 21.3 Å². The van der Waals surface area contributed by atoms with Gasteiger partial charge in [-0.15, -0.1) is 0 Å². The van der Waals surface area contributed by atoms with E-state index in [1.807, 2.05) is 51.2 Å². The van der Waals surface area contributed by atoms with E-state index in [1.54, 1.807) is 6.08 Å². The molecule has 8 bridgehead atoms. The molecule has 5 rings (SSSR count). The molecule has 0 aliphatic carbocycles. The van der Waals surface area contributed by atoms with Gasteiger partial charge in [0.05, 0.1) is 11.4 Å². The minimum absolute atomic E-state index is 0.0250. The van der Waals surface area contributed by atoms with Gasteiger partial charge in [-0.1, -0.05) is 31.9 Å². The average molecular weight is 563 g/mol. The fraction of sp³-hybridized carbons (Fsp3) is 0.206. The summed E-state index contributed by atoms with van der Waals surface area (Å²) in [7, 11) is 0. The minimum Gasteiger partial charge on any atom is -0.481 e. The van der Waals surface area contributed by atoms with Gasteiger partial charge in [0.15, 0.2) is 0 Å². The molecule has 0 aromatic carbocycles. The average Bonchev–Trinajstić information content (AvgIpc) is 3.59. The molecule has 8 nitrogen and oxygen atoms in total. The number of aromatic nitrogens is 3. The smallest absolute Gasteiger partial charge is 0.303 e. The van der Waals surface area contributed by atoms with Gasteiger partial charge in [0.25, 0.3) is 0 Å². The van der Waals surface area contributed by atoms with E-state index >= 15 is 0 Å². The van der Waals surface area contributed by atoms with Crippen molar-refractivity contribution in [1.82, 2.24) is 15.0 Å². The molecule has 0 saturated heterocycles. The van der Waals surface area contributed by atoms with Crippen LogP contribution in [-0.4, -0.2) is 42.8 Å². The van der Waals surface area contributed by atoms with Crippen molar-refractivity contribution in [3.63, 3.8) is 0 Å². The zero-order chi connectivity index (χ0) is 30.3. The Balaban J connectivity index is 1.89. The number of nitrogens with zero attached hydrogens (tertiary/aromatic N) is 1. The molecular formula is C34H34N4O4. The van der Waals surface area contributed by atoms with E-state index in [1.165, 1.54) is 0 Å². The van der Waals surface area contributed by atoms with Crippen LogP contribution in [0, 0.1) is 13.8 Å². The monoisotopic (exact) mass is 562 g/mol. The molecule has 42 heavy (non-hydrogen) atoms. The molecule has 0 radical (unpaired) electrons. The van der Waals surface area contributed by atoms with Gasteiger partial charge in [-0.3, -0.25) is 9.59 Å². The number of hydrogen-bond donors (Lipinski definition) is 5. The van der Waals surface area contributed by atoms with E-state index in [2.05, 4.69) is 34.7 Å². The second kappa shape index (κ2) is 11.0. The number of aliphatic carboxylic acids is 2. The molecule has 0 amide bonds. The fourth-order valence-corrected chi connectivity index (χ4v) is 5.74. The molecule has 0 saturated carbocycles. The van der Waals surface area contributed by atoms with Gasteiger partial charge in [-0.2, -0.15) is 0 Å². The van der Waals surface area contributed by atoms with Crippen molar-refractivity contribution in [3.05, 3.63) is 96.2 Å². The second-order valence-corrected chi connectivity index (χ2v) is 10.7. The van der Waals surface area contributed by atoms with Gasteiger partial charge in [0.2, 0.25) is 0 Å². The van der Waals surface area contributed by atoms with E-state index in [0.717, 1.165) is 77.3 Å². The highest BCUT2D eigenvalue weighted by Gasteiger charge is 2.22. The van der Waals surface area contributed by atoms with E-state index < -0.39 is 11.9 Å². The van der Waals surface area contributed by atoms with E-state index in [4.69, 9.17) is 4.99 Å². The summed E-state index contributed by atoms with van der Waals surface area (Å²) in [6.07, 6.45) is 12.1. The summed E-state index contributed by atoms with van der Waals surface area (Å²) in [4.78, 5) is 38.5. The summed E-state index contributed by atoms with van der Waals surface area (Å²) < 4.78 is 0. The van der Waals surface area contributed by atoms with Gasteiger partial charge in [0.1, 0.15) is 0 Å². The third-order valence-electron chi connectivity index (χ3n) is 8.14. The summed E-state index contributed by atoms with van der Waals surface area (Å²) in [5, 5.41) is 22.2. The highest BCUT2D eigenvalue weighted by molar-refractivity contribution is 6.23. The van der Waals surface area contributed by atoms with Crippen LogP contribution in [0.4, 0.5) is 0 Å². The van der Waals surface area contributed by atoms with Crippen molar-refractivity contribution < 1.29 is 19.8 Å². The standard InChI is InChI=1S/C34H34N4O4/c1-7-21-17(3)25-13-26-19(5)23(9-11-33(39)40)31(37-26)16-32-24(10-12-34(41)42)20(6)28(38-32)15-30-22(8-2)18(4)27(36-30)14-29(21)35-25/h7-8,13-16,35-36,38H,1-3,9-12H2,4-6H3,(H,39,40)(H,41,42)/b25-13-,27-14-,30-15?,31-16?. The van der Waals surface area contributed by atoms with E-state index in [9.17, 15) is 19.8 Å². The normalized spacial score (nSPS) is 15.6. The lowest BCUT2D eigenvalue weighted by Crippen LogP contribution is -2.24. The first kappa shape index (κ1) is 28.4. The Kier molecular flexibility index (Phi) is 7.47. The molecule has 2 aliphatic heterocycles. The molecule has 0 atom stereocenters. The topological polar surface area (TPSA) is 134 Å². The number of nitrogens with one attached hydrogen (secondary N) is 3. The van der Waals surface area contributed by atoms with Crippen LogP contribution in [0.2, 0.25) is 0 Å². The third kappa shape index (κ3) is 5.07. The van der Waals surface area contributed by atoms with Crippen LogP contribution in [-0.2, 0) is 16.0 Å². The first-order valence-electron chi connectivity index (χ1n) is 13.8. The zero-order valence-electron chi connectivity index (χ0n) is 24.1. The largest absolute Gasteiger partial charge is 0.481 e. The van der Waals surface area contributed by atoms with Crippen molar-refractivity contribution in [2.75, 3.05) is 0 Å². The Hall–Kier alpha value is -5.11. The van der Waals surface area contributed by atoms with Crippen LogP contribution in [0.25, 0.3) is 43.0 Å². The van der Waals surface area contributed by atoms with Crippen LogP contribution in [0.1, 0.15) is 71.1 Å². The lowest BCUT2D eigenvalue weighted by Gasteiger charge is -2.05. The first-order valence-corrected chi connectivity index (χ1v) is 13.8. The number of H-pyrrole nitrogens is 3. The number of allylic oxidation sites excluding steroid dienone is 2. The maximum Gasteiger partial charge on any atom is 0.303 e. The molecule has 5 N–H and O–H groups in total. The van der Waals surface area contributed by atoms with Gasteiger partial charge in [-0.05, 0) is 85.8 Å². The van der Waals surface area contributed by atoms with Crippen molar-refractivity contribution in [3.8, 4) is 0 Å². The molecule has 0 fully saturated rings. The number of carboxylic acids is 2. The summed E-state index contributed by atoms with van der Waals surface area (Å²) in [6.45, 7) is 18.3. The van der Waals surface area contributed by atoms with Crippen LogP contribution in [0.3, 0.4) is 0 Å². The Bertz CT molecular complexity index is 2020. The summed E-state index contributed by atoms with van der Waals surface area (Å²) >= 11 is 0. The van der Waals surface area contributed by atoms with Crippen LogP contribution in [0.15, 0.2) is 35.0 Å². The summed E-state index contributed by atoms with van der Waals surface area (Å²) in [5.74, 6) is -1.77. The molecule has 3 aromatic rings. The number of carbonyl (C=O) groups is 2. The molecular weight excluding hydrogens is 528 g/mol. The Morgan fingerprint density at radius 1 is 0.786 bits per heavy atom. The minimum atomic E-state index is -0.890. The fourth-order valence-electron chi connectivity index (χ4n) is 5.74. The predicted octanol–water partition coefficient (Wildman–Crippen LogP) is 3.43. The highest BCUT2D eigenvalue weighted by Crippen LogP contribution is 2.33. The number of carboxylic acid groups (broad SMARTS) is 2. The van der Waals surface area contributed by atoms with Crippen LogP contribution in [0.5, 0.6) is 0 Å². The van der Waals surface area contributed by atoms with Crippen molar-refractivity contribution in [2.45, 2.75) is 46.5 Å². The lowest BCUT2D eigenvalue weighted by atomic mass is 9.99. The first-order chi connectivity index (χ1) is 20.0. The predicted molar refractivity (Wildman–Crippen MR) is 169 cm³/mol. The van der Waals surface area contributed by atoms with Crippen molar-refractivity contribution in [1.29, 1.82) is 0 Å². The van der Waals surface area contributed by atoms with Gasteiger partial charge in [-0.25, -0.2) is 4.99 Å². The molecule has 2 aliphatic rings. The third-order valence-corrected chi connectivity index (χ3v) is 8.14. The lowest BCUT2D eigenvalue weighted by molar-refractivity contribution is -0.138. The maximum absolute atomic E-state index is 11.5. The zero-order valence-corrected chi connectivity index (χ0v) is 24.1. The Labute approximate surface area is 242 Å². The van der Waals surface area contributed by atoms with Crippen molar-refractivity contribution >= 4 is 60.7 Å². The number of hydrogen-bond acceptors (Lipinski definition) is 3. The number of aliphatic imine (C=N–C) groups is 1. The SMILES string of the molecule is C=Cc1c(C)/c2[nH]c1=Cc1[nH]c(c(CCC(=O)O)c1C)C=C1N=C(/C=c3\[nH]c(c(C=C)c3=C)\C=2)C(C)=C1CCC(=O)O. The molecule has 3 aromatic heterocycles. The van der Waals surface area contributed by atoms with E-state index in [-0.39, 0.29) is 12.8 Å². The molecule has 0 spiro atoms. The Morgan fingerprint density at radius 3 is 2.12 bits per heavy atom. The molecule has 5 heterocycles. The van der Waals surface area contributed by atoms with Crippen LogP contribution >= 0.6 is 0 Å². The Morgan fingerprint density at radius 2 is 1.45 bits per heavy atom. The quantitative estimate of drug-likeness (QED) is 0.288. The number of rotatable bonds is 8. The molecule has 214 valence electrons. The van der Waals surface area contributed by atoms with Gasteiger partial charge >= 0.3 is 11.9 Å². The highest BCUT2D eigenvalue weighted by atomic mass is 16.4. The number of fused-ring (bicyclic) bond motifs is 7. The second-order valence-electron chi connectivity index (χ2n) is 10.7. The van der Waals surface area contributed by atoms with E-state index in [0.29, 0.717) is 24.3 Å². The molecule has 8 heteroatoms. The number of aromatic amines is 3.